The van der Waals surface area contributed by atoms with Crippen molar-refractivity contribution in [2.45, 2.75) is 32.5 Å². The number of methoxy groups -OCH3 is 1. The first-order valence-electron chi connectivity index (χ1n) is 10.1. The zero-order chi connectivity index (χ0) is 21.8. The molecule has 0 fully saturated rings. The van der Waals surface area contributed by atoms with Crippen molar-refractivity contribution in [1.29, 1.82) is 0 Å². The van der Waals surface area contributed by atoms with E-state index in [0.29, 0.717) is 17.2 Å². The van der Waals surface area contributed by atoms with Crippen molar-refractivity contribution in [3.8, 4) is 5.75 Å². The molecule has 1 aromatic carbocycles. The predicted octanol–water partition coefficient (Wildman–Crippen LogP) is 5.05. The molecule has 0 radical (unpaired) electrons. The van der Waals surface area contributed by atoms with Crippen molar-refractivity contribution in [2.24, 2.45) is 0 Å². The van der Waals surface area contributed by atoms with E-state index in [1.165, 1.54) is 14.8 Å². The van der Waals surface area contributed by atoms with Gasteiger partial charge in [0, 0.05) is 36.3 Å². The Morgan fingerprint density at radius 2 is 1.97 bits per heavy atom. The van der Waals surface area contributed by atoms with Crippen LogP contribution in [0.3, 0.4) is 0 Å². The van der Waals surface area contributed by atoms with Gasteiger partial charge in [0.1, 0.15) is 11.4 Å². The number of fused-ring (bicyclic) bond motifs is 1. The number of hydrogen-bond acceptors (Lipinski definition) is 5. The maximum absolute atomic E-state index is 12.6. The number of halogens is 1. The number of nitrogens with zero attached hydrogens (tertiary/aromatic N) is 3. The molecule has 0 saturated heterocycles. The van der Waals surface area contributed by atoms with E-state index in [2.05, 4.69) is 41.5 Å². The first kappa shape index (κ1) is 21.6. The van der Waals surface area contributed by atoms with Gasteiger partial charge in [-0.05, 0) is 54.6 Å². The number of aromatic nitrogens is 2. The molecular formula is C24H24ClN3O2S. The molecule has 0 saturated carbocycles. The van der Waals surface area contributed by atoms with Crippen molar-refractivity contribution in [3.05, 3.63) is 97.7 Å². The normalized spacial score (nSPS) is 12.4. The Morgan fingerprint density at radius 3 is 2.68 bits per heavy atom. The van der Waals surface area contributed by atoms with Crippen LogP contribution in [0.25, 0.3) is 5.65 Å². The lowest BCUT2D eigenvalue weighted by atomic mass is 10.1. The average Bonchev–Trinajstić information content (AvgIpc) is 3.27. The Balaban J connectivity index is 1.61. The second-order valence-corrected chi connectivity index (χ2v) is 9.02. The van der Waals surface area contributed by atoms with Gasteiger partial charge in [-0.2, -0.15) is 0 Å². The van der Waals surface area contributed by atoms with Crippen LogP contribution in [0.2, 0.25) is 5.02 Å². The number of pyridine rings is 1. The van der Waals surface area contributed by atoms with E-state index >= 15 is 0 Å². The minimum Gasteiger partial charge on any atom is -0.497 e. The van der Waals surface area contributed by atoms with E-state index in [4.69, 9.17) is 21.3 Å². The smallest absolute Gasteiger partial charge is 0.258 e. The number of hydrogen-bond donors (Lipinski definition) is 0. The zero-order valence-corrected chi connectivity index (χ0v) is 19.1. The minimum absolute atomic E-state index is 0.127. The van der Waals surface area contributed by atoms with Crippen LogP contribution in [0.4, 0.5) is 0 Å². The molecule has 0 spiro atoms. The molecule has 3 heterocycles. The summed E-state index contributed by atoms with van der Waals surface area (Å²) >= 11 is 7.80. The lowest BCUT2D eigenvalue weighted by molar-refractivity contribution is 0.188. The summed E-state index contributed by atoms with van der Waals surface area (Å²) in [5, 5.41) is 2.61. The van der Waals surface area contributed by atoms with E-state index in [1.807, 2.05) is 12.1 Å². The average molecular weight is 454 g/mol. The molecular weight excluding hydrogens is 430 g/mol. The topological polar surface area (TPSA) is 46.8 Å². The summed E-state index contributed by atoms with van der Waals surface area (Å²) in [6, 6.07) is 17.7. The van der Waals surface area contributed by atoms with Crippen LogP contribution in [0.1, 0.15) is 23.1 Å². The zero-order valence-electron chi connectivity index (χ0n) is 17.5. The Bertz CT molecular complexity index is 1210. The fourth-order valence-corrected chi connectivity index (χ4v) is 4.58. The highest BCUT2D eigenvalue weighted by Crippen LogP contribution is 2.20. The van der Waals surface area contributed by atoms with Gasteiger partial charge >= 0.3 is 0 Å². The van der Waals surface area contributed by atoms with Crippen molar-refractivity contribution in [1.82, 2.24) is 14.3 Å². The fourth-order valence-electron chi connectivity index (χ4n) is 3.60. The molecule has 31 heavy (non-hydrogen) atoms. The lowest BCUT2D eigenvalue weighted by Gasteiger charge is -2.29. The number of benzene rings is 1. The fraction of sp³-hybridized carbons (Fsp3) is 0.250. The van der Waals surface area contributed by atoms with Gasteiger partial charge in [-0.1, -0.05) is 29.8 Å². The third-order valence-corrected chi connectivity index (χ3v) is 6.41. The van der Waals surface area contributed by atoms with E-state index < -0.39 is 0 Å². The monoisotopic (exact) mass is 453 g/mol. The van der Waals surface area contributed by atoms with Crippen LogP contribution in [0, 0.1) is 0 Å². The van der Waals surface area contributed by atoms with Crippen LogP contribution in [-0.2, 0) is 19.5 Å². The van der Waals surface area contributed by atoms with Crippen LogP contribution in [-0.4, -0.2) is 27.4 Å². The molecule has 0 aliphatic heterocycles. The Morgan fingerprint density at radius 1 is 1.16 bits per heavy atom. The van der Waals surface area contributed by atoms with Crippen molar-refractivity contribution in [3.63, 3.8) is 0 Å². The standard InChI is InChI=1S/C24H24ClN3O2S/c1-17(12-22-4-3-11-31-22)27(14-18-5-8-21(30-2)9-6-18)16-20-13-24(29)28-15-19(25)7-10-23(28)26-20/h3-11,13,15,17H,12,14,16H2,1-2H3/t17-/m1/s1. The van der Waals surface area contributed by atoms with Crippen molar-refractivity contribution in [2.75, 3.05) is 7.11 Å². The van der Waals surface area contributed by atoms with E-state index in [1.54, 1.807) is 42.8 Å². The highest BCUT2D eigenvalue weighted by Gasteiger charge is 2.18. The van der Waals surface area contributed by atoms with Gasteiger partial charge in [0.25, 0.3) is 5.56 Å². The van der Waals surface area contributed by atoms with Crippen LogP contribution < -0.4 is 10.3 Å². The molecule has 1 atom stereocenters. The molecule has 0 N–H and O–H groups in total. The van der Waals surface area contributed by atoms with Gasteiger partial charge in [-0.15, -0.1) is 11.3 Å². The molecule has 0 unspecified atom stereocenters. The highest BCUT2D eigenvalue weighted by molar-refractivity contribution is 7.09. The third kappa shape index (κ3) is 5.34. The van der Waals surface area contributed by atoms with Crippen LogP contribution >= 0.6 is 22.9 Å². The molecule has 4 aromatic rings. The van der Waals surface area contributed by atoms with E-state index in [9.17, 15) is 4.79 Å². The summed E-state index contributed by atoms with van der Waals surface area (Å²) in [6.45, 7) is 3.54. The van der Waals surface area contributed by atoms with Gasteiger partial charge in [0.05, 0.1) is 17.8 Å². The summed E-state index contributed by atoms with van der Waals surface area (Å²) in [5.74, 6) is 0.838. The number of rotatable bonds is 8. The number of thiophene rings is 1. The summed E-state index contributed by atoms with van der Waals surface area (Å²) in [4.78, 5) is 21.0. The third-order valence-electron chi connectivity index (χ3n) is 5.29. The molecule has 0 aliphatic rings. The Kier molecular flexibility index (Phi) is 6.70. The largest absolute Gasteiger partial charge is 0.497 e. The molecule has 7 heteroatoms. The van der Waals surface area contributed by atoms with Gasteiger partial charge in [0.15, 0.2) is 0 Å². The molecule has 160 valence electrons. The molecule has 3 aromatic heterocycles. The second kappa shape index (κ2) is 9.64. The first-order valence-corrected chi connectivity index (χ1v) is 11.3. The molecule has 0 aliphatic carbocycles. The van der Waals surface area contributed by atoms with Crippen LogP contribution in [0.5, 0.6) is 5.75 Å². The van der Waals surface area contributed by atoms with Gasteiger partial charge < -0.3 is 4.74 Å². The van der Waals surface area contributed by atoms with Gasteiger partial charge in [0.2, 0.25) is 0 Å². The summed E-state index contributed by atoms with van der Waals surface area (Å²) in [7, 11) is 1.67. The SMILES string of the molecule is COc1ccc(CN(Cc2cc(=O)n3cc(Cl)ccc3n2)[C@H](C)Cc2cccs2)cc1. The van der Waals surface area contributed by atoms with Crippen molar-refractivity contribution < 1.29 is 4.74 Å². The minimum atomic E-state index is -0.127. The molecule has 4 rings (SSSR count). The van der Waals surface area contributed by atoms with Crippen LogP contribution in [0.15, 0.2) is 71.0 Å². The highest BCUT2D eigenvalue weighted by atomic mass is 35.5. The molecule has 0 amide bonds. The first-order chi connectivity index (χ1) is 15.0. The molecule has 0 bridgehead atoms. The number of ether oxygens (including phenoxy) is 1. The Hall–Kier alpha value is -2.67. The summed E-state index contributed by atoms with van der Waals surface area (Å²) < 4.78 is 6.76. The summed E-state index contributed by atoms with van der Waals surface area (Å²) in [5.41, 5.74) is 2.40. The second-order valence-electron chi connectivity index (χ2n) is 7.55. The summed E-state index contributed by atoms with van der Waals surface area (Å²) in [6.07, 6.45) is 2.54. The van der Waals surface area contributed by atoms with Gasteiger partial charge in [-0.3, -0.25) is 14.1 Å². The maximum Gasteiger partial charge on any atom is 0.258 e. The van der Waals surface area contributed by atoms with Crippen molar-refractivity contribution >= 4 is 28.6 Å². The van der Waals surface area contributed by atoms with E-state index in [-0.39, 0.29) is 11.6 Å². The lowest BCUT2D eigenvalue weighted by Crippen LogP contribution is -2.34. The Labute approximate surface area is 190 Å². The van der Waals surface area contributed by atoms with Gasteiger partial charge in [-0.25, -0.2) is 4.98 Å². The van der Waals surface area contributed by atoms with E-state index in [0.717, 1.165) is 24.4 Å². The maximum atomic E-state index is 12.6. The quantitative estimate of drug-likeness (QED) is 0.374. The molecule has 5 nitrogen and oxygen atoms in total. The predicted molar refractivity (Wildman–Crippen MR) is 126 cm³/mol.